The molecule has 3 heterocycles. The summed E-state index contributed by atoms with van der Waals surface area (Å²) in [6.45, 7) is 8.16. The predicted octanol–water partition coefficient (Wildman–Crippen LogP) is 2.08. The van der Waals surface area contributed by atoms with Crippen molar-refractivity contribution in [2.24, 2.45) is 5.73 Å². The maximum atomic E-state index is 11.6. The zero-order valence-electron chi connectivity index (χ0n) is 20.2. The Balaban J connectivity index is 1.70. The minimum atomic E-state index is -0.368. The van der Waals surface area contributed by atoms with Gasteiger partial charge < -0.3 is 21.3 Å². The van der Waals surface area contributed by atoms with Crippen molar-refractivity contribution < 1.29 is 4.79 Å². The van der Waals surface area contributed by atoms with Gasteiger partial charge in [0.05, 0.1) is 40.3 Å². The van der Waals surface area contributed by atoms with E-state index in [1.54, 1.807) is 19.1 Å². The van der Waals surface area contributed by atoms with Crippen LogP contribution in [0.3, 0.4) is 0 Å². The maximum absolute atomic E-state index is 11.6. The molecule has 0 spiro atoms. The standard InChI is InChI=1S/C23H26ClN11O/c1-4-28-23-32-22(31-21-16(10-26)11-29-35(21)23)30-17-7-15(9-25)8-18(19(17)24)34-6-5-33(12-13(34)2)14(3)20(27)36/h7-8,11,13-14H,4-6,12H2,1-3H3,(H2,27,36)(H2,28,30,31,32)/t13-,14-/m0/s1. The normalized spacial score (nSPS) is 16.8. The molecule has 3 aromatic rings. The van der Waals surface area contributed by atoms with E-state index in [2.05, 4.69) is 42.7 Å². The third-order valence-electron chi connectivity index (χ3n) is 6.18. The number of benzene rings is 1. The summed E-state index contributed by atoms with van der Waals surface area (Å²) >= 11 is 6.85. The number of nitriles is 2. The number of hydrogen-bond donors (Lipinski definition) is 3. The summed E-state index contributed by atoms with van der Waals surface area (Å²) in [5, 5.41) is 29.9. The van der Waals surface area contributed by atoms with Gasteiger partial charge in [-0.1, -0.05) is 11.6 Å². The molecule has 12 nitrogen and oxygen atoms in total. The fraction of sp³-hybridized carbons (Fsp3) is 0.391. The van der Waals surface area contributed by atoms with Crippen molar-refractivity contribution in [1.82, 2.24) is 24.5 Å². The Morgan fingerprint density at radius 2 is 2.08 bits per heavy atom. The minimum absolute atomic E-state index is 0.0118. The molecule has 1 aliphatic rings. The topological polar surface area (TPSA) is 164 Å². The SMILES string of the molecule is CCNc1nc(Nc2cc(C#N)cc(N3CCN([C@@H](C)C(N)=O)C[C@@H]3C)c2Cl)nc2c(C#N)cnn12. The molecule has 4 N–H and O–H groups in total. The lowest BCUT2D eigenvalue weighted by Gasteiger charge is -2.43. The Bertz CT molecular complexity index is 1390. The van der Waals surface area contributed by atoms with Crippen LogP contribution in [0.1, 0.15) is 31.9 Å². The lowest BCUT2D eigenvalue weighted by molar-refractivity contribution is -0.122. The van der Waals surface area contributed by atoms with Crippen molar-refractivity contribution in [2.75, 3.05) is 41.7 Å². The molecule has 13 heteroatoms. The number of carbonyl (C=O) groups is 1. The van der Waals surface area contributed by atoms with Gasteiger partial charge in [-0.2, -0.15) is 30.1 Å². The molecule has 0 saturated carbocycles. The van der Waals surface area contributed by atoms with Crippen LogP contribution in [0, 0.1) is 22.7 Å². The Morgan fingerprint density at radius 1 is 1.31 bits per heavy atom. The first kappa shape index (κ1) is 25.0. The average Bonchev–Trinajstić information content (AvgIpc) is 3.28. The van der Waals surface area contributed by atoms with Crippen LogP contribution in [-0.4, -0.2) is 68.7 Å². The highest BCUT2D eigenvalue weighted by Gasteiger charge is 2.30. The molecule has 1 saturated heterocycles. The number of primary amides is 1. The van der Waals surface area contributed by atoms with E-state index in [0.717, 1.165) is 0 Å². The van der Waals surface area contributed by atoms with Gasteiger partial charge in [-0.25, -0.2) is 0 Å². The fourth-order valence-electron chi connectivity index (χ4n) is 4.25. The Morgan fingerprint density at radius 3 is 2.72 bits per heavy atom. The first-order chi connectivity index (χ1) is 17.3. The van der Waals surface area contributed by atoms with Crippen LogP contribution in [0.2, 0.25) is 5.02 Å². The van der Waals surface area contributed by atoms with Crippen molar-refractivity contribution in [2.45, 2.75) is 32.9 Å². The second kappa shape index (κ2) is 10.2. The van der Waals surface area contributed by atoms with Crippen LogP contribution in [0.4, 0.5) is 23.3 Å². The van der Waals surface area contributed by atoms with E-state index in [1.807, 2.05) is 18.7 Å². The second-order valence-electron chi connectivity index (χ2n) is 8.52. The van der Waals surface area contributed by atoms with Crippen molar-refractivity contribution >= 4 is 46.4 Å². The van der Waals surface area contributed by atoms with E-state index < -0.39 is 0 Å². The first-order valence-electron chi connectivity index (χ1n) is 11.5. The van der Waals surface area contributed by atoms with Gasteiger partial charge in [0.2, 0.25) is 17.8 Å². The number of halogens is 1. The van der Waals surface area contributed by atoms with Crippen molar-refractivity contribution in [3.63, 3.8) is 0 Å². The summed E-state index contributed by atoms with van der Waals surface area (Å²) in [7, 11) is 0. The van der Waals surface area contributed by atoms with E-state index >= 15 is 0 Å². The van der Waals surface area contributed by atoms with Gasteiger partial charge in [0.25, 0.3) is 0 Å². The quantitative estimate of drug-likeness (QED) is 0.431. The summed E-state index contributed by atoms with van der Waals surface area (Å²) < 4.78 is 1.46. The number of nitrogens with one attached hydrogen (secondary N) is 2. The van der Waals surface area contributed by atoms with Gasteiger partial charge in [-0.15, -0.1) is 0 Å². The summed E-state index contributed by atoms with van der Waals surface area (Å²) in [5.41, 5.74) is 7.68. The molecule has 1 fully saturated rings. The maximum Gasteiger partial charge on any atom is 0.234 e. The number of hydrogen-bond acceptors (Lipinski definition) is 10. The molecule has 0 bridgehead atoms. The molecular formula is C23H26ClN11O. The second-order valence-corrected chi connectivity index (χ2v) is 8.89. The summed E-state index contributed by atoms with van der Waals surface area (Å²) in [6.07, 6.45) is 1.43. The first-order valence-corrected chi connectivity index (χ1v) is 11.9. The van der Waals surface area contributed by atoms with Crippen LogP contribution >= 0.6 is 11.6 Å². The number of piperazine rings is 1. The number of rotatable bonds is 7. The van der Waals surface area contributed by atoms with E-state index in [-0.39, 0.29) is 23.9 Å². The molecule has 2 aromatic heterocycles. The Hall–Kier alpha value is -4.13. The molecule has 4 rings (SSSR count). The molecule has 0 unspecified atom stereocenters. The van der Waals surface area contributed by atoms with E-state index in [9.17, 15) is 15.3 Å². The summed E-state index contributed by atoms with van der Waals surface area (Å²) in [6, 6.07) is 7.28. The molecule has 0 aliphatic carbocycles. The van der Waals surface area contributed by atoms with Crippen LogP contribution < -0.4 is 21.3 Å². The van der Waals surface area contributed by atoms with E-state index in [0.29, 0.717) is 65.3 Å². The van der Waals surface area contributed by atoms with Crippen LogP contribution in [0.15, 0.2) is 18.3 Å². The molecule has 186 valence electrons. The number of amides is 1. The van der Waals surface area contributed by atoms with E-state index in [1.165, 1.54) is 10.7 Å². The third-order valence-corrected chi connectivity index (χ3v) is 6.58. The third kappa shape index (κ3) is 4.69. The van der Waals surface area contributed by atoms with Crippen molar-refractivity contribution in [3.05, 3.63) is 34.5 Å². The van der Waals surface area contributed by atoms with Gasteiger partial charge in [-0.05, 0) is 32.9 Å². The lowest BCUT2D eigenvalue weighted by Crippen LogP contribution is -2.57. The molecule has 1 amide bonds. The van der Waals surface area contributed by atoms with Gasteiger partial charge in [0.15, 0.2) is 5.65 Å². The zero-order chi connectivity index (χ0) is 26.0. The minimum Gasteiger partial charge on any atom is -0.368 e. The lowest BCUT2D eigenvalue weighted by atomic mass is 10.1. The average molecular weight is 508 g/mol. The largest absolute Gasteiger partial charge is 0.368 e. The number of nitrogens with zero attached hydrogens (tertiary/aromatic N) is 8. The van der Waals surface area contributed by atoms with Gasteiger partial charge in [0.1, 0.15) is 11.6 Å². The van der Waals surface area contributed by atoms with Gasteiger partial charge in [0, 0.05) is 32.2 Å². The van der Waals surface area contributed by atoms with Gasteiger partial charge in [-0.3, -0.25) is 9.69 Å². The Labute approximate surface area is 213 Å². The zero-order valence-corrected chi connectivity index (χ0v) is 20.9. The highest BCUT2D eigenvalue weighted by atomic mass is 35.5. The monoisotopic (exact) mass is 507 g/mol. The number of anilines is 4. The molecule has 0 radical (unpaired) electrons. The molecule has 36 heavy (non-hydrogen) atoms. The molecule has 2 atom stereocenters. The van der Waals surface area contributed by atoms with Crippen LogP contribution in [0.25, 0.3) is 5.65 Å². The predicted molar refractivity (Wildman–Crippen MR) is 136 cm³/mol. The molecule has 1 aromatic carbocycles. The molecule has 1 aliphatic heterocycles. The number of nitrogens with two attached hydrogens (primary N) is 1. The molecular weight excluding hydrogens is 482 g/mol. The highest BCUT2D eigenvalue weighted by molar-refractivity contribution is 6.36. The number of aromatic nitrogens is 4. The van der Waals surface area contributed by atoms with Crippen molar-refractivity contribution in [3.8, 4) is 12.1 Å². The van der Waals surface area contributed by atoms with E-state index in [4.69, 9.17) is 17.3 Å². The smallest absolute Gasteiger partial charge is 0.234 e. The fourth-order valence-corrected chi connectivity index (χ4v) is 4.52. The van der Waals surface area contributed by atoms with Gasteiger partial charge >= 0.3 is 0 Å². The number of carbonyl (C=O) groups excluding carboxylic acids is 1. The summed E-state index contributed by atoms with van der Waals surface area (Å²) in [5.74, 6) is 0.248. The van der Waals surface area contributed by atoms with Crippen LogP contribution in [0.5, 0.6) is 0 Å². The highest BCUT2D eigenvalue weighted by Crippen LogP contribution is 2.37. The Kier molecular flexibility index (Phi) is 7.10. The van der Waals surface area contributed by atoms with Crippen LogP contribution in [-0.2, 0) is 4.79 Å². The number of fused-ring (bicyclic) bond motifs is 1. The van der Waals surface area contributed by atoms with Crippen molar-refractivity contribution in [1.29, 1.82) is 10.5 Å². The summed E-state index contributed by atoms with van der Waals surface area (Å²) in [4.78, 5) is 24.7.